The van der Waals surface area contributed by atoms with Gasteiger partial charge in [-0.3, -0.25) is 4.79 Å². The summed E-state index contributed by atoms with van der Waals surface area (Å²) in [6, 6.07) is 8.12. The molecule has 1 heterocycles. The lowest BCUT2D eigenvalue weighted by Crippen LogP contribution is -2.26. The van der Waals surface area contributed by atoms with E-state index in [1.165, 1.54) is 12.8 Å². The van der Waals surface area contributed by atoms with Crippen LogP contribution in [0, 0.1) is 0 Å². The molecular weight excluding hydrogens is 224 g/mol. The van der Waals surface area contributed by atoms with Crippen molar-refractivity contribution in [3.8, 4) is 0 Å². The lowest BCUT2D eigenvalue weighted by molar-refractivity contribution is -0.120. The third-order valence-electron chi connectivity index (χ3n) is 3.08. The second-order valence-electron chi connectivity index (χ2n) is 4.63. The first-order valence-electron chi connectivity index (χ1n) is 6.62. The van der Waals surface area contributed by atoms with E-state index >= 15 is 0 Å². The third kappa shape index (κ3) is 3.36. The average Bonchev–Trinajstić information content (AvgIpc) is 2.82. The molecule has 0 saturated carbocycles. The van der Waals surface area contributed by atoms with Crippen LogP contribution < -0.4 is 5.32 Å². The van der Waals surface area contributed by atoms with Crippen LogP contribution in [0.5, 0.6) is 0 Å². The Bertz CT molecular complexity index is 516. The first-order valence-corrected chi connectivity index (χ1v) is 6.62. The number of rotatable bonds is 6. The summed E-state index contributed by atoms with van der Waals surface area (Å²) >= 11 is 0. The van der Waals surface area contributed by atoms with Crippen molar-refractivity contribution in [2.24, 2.45) is 0 Å². The van der Waals surface area contributed by atoms with Gasteiger partial charge >= 0.3 is 0 Å². The molecule has 0 aliphatic heterocycles. The Kier molecular flexibility index (Phi) is 4.40. The van der Waals surface area contributed by atoms with Crippen LogP contribution in [0.2, 0.25) is 0 Å². The number of aromatic nitrogens is 1. The molecule has 1 aromatic carbocycles. The fraction of sp³-hybridized carbons (Fsp3) is 0.400. The van der Waals surface area contributed by atoms with Crippen LogP contribution in [0.15, 0.2) is 30.5 Å². The van der Waals surface area contributed by atoms with Gasteiger partial charge < -0.3 is 10.3 Å². The van der Waals surface area contributed by atoms with E-state index in [-0.39, 0.29) is 5.91 Å². The molecule has 0 bridgehead atoms. The molecule has 18 heavy (non-hydrogen) atoms. The van der Waals surface area contributed by atoms with Crippen LogP contribution >= 0.6 is 0 Å². The molecule has 1 aromatic heterocycles. The van der Waals surface area contributed by atoms with Gasteiger partial charge in [0.25, 0.3) is 0 Å². The predicted molar refractivity (Wildman–Crippen MR) is 74.5 cm³/mol. The van der Waals surface area contributed by atoms with Gasteiger partial charge in [-0.1, -0.05) is 25.8 Å². The Morgan fingerprint density at radius 3 is 3.00 bits per heavy atom. The largest absolute Gasteiger partial charge is 0.361 e. The Labute approximate surface area is 108 Å². The van der Waals surface area contributed by atoms with Gasteiger partial charge in [-0.05, 0) is 35.6 Å². The summed E-state index contributed by atoms with van der Waals surface area (Å²) in [5.41, 5.74) is 2.18. The van der Waals surface area contributed by atoms with Crippen molar-refractivity contribution in [2.45, 2.75) is 32.6 Å². The van der Waals surface area contributed by atoms with Crippen molar-refractivity contribution in [2.75, 3.05) is 6.54 Å². The zero-order chi connectivity index (χ0) is 12.8. The van der Waals surface area contributed by atoms with E-state index in [9.17, 15) is 4.79 Å². The van der Waals surface area contributed by atoms with Crippen molar-refractivity contribution in [3.05, 3.63) is 36.0 Å². The SMILES string of the molecule is CCCCCNC(=O)Cc1ccc2[nH]ccc2c1. The minimum Gasteiger partial charge on any atom is -0.361 e. The van der Waals surface area contributed by atoms with Crippen molar-refractivity contribution in [1.82, 2.24) is 10.3 Å². The molecule has 3 nitrogen and oxygen atoms in total. The van der Waals surface area contributed by atoms with Crippen LogP contribution in [0.1, 0.15) is 31.7 Å². The maximum atomic E-state index is 11.7. The Morgan fingerprint density at radius 1 is 1.28 bits per heavy atom. The van der Waals surface area contributed by atoms with Crippen LogP contribution in [-0.4, -0.2) is 17.4 Å². The summed E-state index contributed by atoms with van der Waals surface area (Å²) in [6.45, 7) is 2.95. The third-order valence-corrected chi connectivity index (χ3v) is 3.08. The van der Waals surface area contributed by atoms with E-state index in [2.05, 4.69) is 23.3 Å². The maximum Gasteiger partial charge on any atom is 0.224 e. The Morgan fingerprint density at radius 2 is 2.17 bits per heavy atom. The van der Waals surface area contributed by atoms with E-state index in [1.54, 1.807) is 0 Å². The number of carbonyl (C=O) groups is 1. The zero-order valence-electron chi connectivity index (χ0n) is 10.8. The smallest absolute Gasteiger partial charge is 0.224 e. The summed E-state index contributed by atoms with van der Waals surface area (Å²) in [5.74, 6) is 0.112. The highest BCUT2D eigenvalue weighted by atomic mass is 16.1. The van der Waals surface area contributed by atoms with E-state index in [0.29, 0.717) is 6.42 Å². The van der Waals surface area contributed by atoms with Gasteiger partial charge in [-0.25, -0.2) is 0 Å². The molecule has 0 fully saturated rings. The molecule has 2 rings (SSSR count). The van der Waals surface area contributed by atoms with Gasteiger partial charge in [0.2, 0.25) is 5.91 Å². The molecule has 0 aliphatic carbocycles. The molecule has 2 aromatic rings. The molecule has 2 N–H and O–H groups in total. The number of benzene rings is 1. The minimum absolute atomic E-state index is 0.112. The predicted octanol–water partition coefficient (Wildman–Crippen LogP) is 3.02. The molecule has 0 spiro atoms. The monoisotopic (exact) mass is 244 g/mol. The molecule has 3 heteroatoms. The van der Waals surface area contributed by atoms with Crippen molar-refractivity contribution in [1.29, 1.82) is 0 Å². The number of amides is 1. The first-order chi connectivity index (χ1) is 8.79. The van der Waals surface area contributed by atoms with Crippen LogP contribution in [0.25, 0.3) is 10.9 Å². The molecule has 1 amide bonds. The highest BCUT2D eigenvalue weighted by molar-refractivity contribution is 5.83. The Hall–Kier alpha value is -1.77. The highest BCUT2D eigenvalue weighted by Crippen LogP contribution is 2.14. The topological polar surface area (TPSA) is 44.9 Å². The fourth-order valence-electron chi connectivity index (χ4n) is 2.06. The summed E-state index contributed by atoms with van der Waals surface area (Å²) in [5, 5.41) is 4.12. The van der Waals surface area contributed by atoms with Crippen molar-refractivity contribution in [3.63, 3.8) is 0 Å². The number of aromatic amines is 1. The standard InChI is InChI=1S/C15H20N2O/c1-2-3-4-8-17-15(18)11-12-5-6-14-13(10-12)7-9-16-14/h5-7,9-10,16H,2-4,8,11H2,1H3,(H,17,18). The van der Waals surface area contributed by atoms with Gasteiger partial charge in [0.15, 0.2) is 0 Å². The quantitative estimate of drug-likeness (QED) is 0.754. The van der Waals surface area contributed by atoms with Gasteiger partial charge in [0.05, 0.1) is 6.42 Å². The van der Waals surface area contributed by atoms with Crippen LogP contribution in [0.3, 0.4) is 0 Å². The number of fused-ring (bicyclic) bond motifs is 1. The molecule has 0 aliphatic rings. The molecular formula is C15H20N2O. The maximum absolute atomic E-state index is 11.7. The molecule has 0 atom stereocenters. The van der Waals surface area contributed by atoms with E-state index < -0.39 is 0 Å². The second kappa shape index (κ2) is 6.24. The van der Waals surface area contributed by atoms with E-state index in [1.807, 2.05) is 24.4 Å². The number of hydrogen-bond acceptors (Lipinski definition) is 1. The minimum atomic E-state index is 0.112. The number of carbonyl (C=O) groups excluding carboxylic acids is 1. The normalized spacial score (nSPS) is 10.7. The van der Waals surface area contributed by atoms with Crippen LogP contribution in [0.4, 0.5) is 0 Å². The average molecular weight is 244 g/mol. The van der Waals surface area contributed by atoms with Gasteiger partial charge in [-0.15, -0.1) is 0 Å². The highest BCUT2D eigenvalue weighted by Gasteiger charge is 2.03. The van der Waals surface area contributed by atoms with Gasteiger partial charge in [0.1, 0.15) is 0 Å². The van der Waals surface area contributed by atoms with E-state index in [4.69, 9.17) is 0 Å². The molecule has 96 valence electrons. The first kappa shape index (κ1) is 12.7. The van der Waals surface area contributed by atoms with Gasteiger partial charge in [0, 0.05) is 18.3 Å². The molecule has 0 saturated heterocycles. The number of H-pyrrole nitrogens is 1. The lowest BCUT2D eigenvalue weighted by atomic mass is 10.1. The van der Waals surface area contributed by atoms with Crippen molar-refractivity contribution >= 4 is 16.8 Å². The summed E-state index contributed by atoms with van der Waals surface area (Å²) in [4.78, 5) is 14.9. The number of unbranched alkanes of at least 4 members (excludes halogenated alkanes) is 2. The van der Waals surface area contributed by atoms with E-state index in [0.717, 1.165) is 29.4 Å². The second-order valence-corrected chi connectivity index (χ2v) is 4.63. The zero-order valence-corrected chi connectivity index (χ0v) is 10.8. The summed E-state index contributed by atoms with van der Waals surface area (Å²) < 4.78 is 0. The number of hydrogen-bond donors (Lipinski definition) is 2. The van der Waals surface area contributed by atoms with Crippen LogP contribution in [-0.2, 0) is 11.2 Å². The van der Waals surface area contributed by atoms with Crippen molar-refractivity contribution < 1.29 is 4.79 Å². The summed E-state index contributed by atoms with van der Waals surface area (Å²) in [6.07, 6.45) is 5.81. The fourth-order valence-corrected chi connectivity index (χ4v) is 2.06. The lowest BCUT2D eigenvalue weighted by Gasteiger charge is -2.05. The Balaban J connectivity index is 1.86. The number of nitrogens with one attached hydrogen (secondary N) is 2. The summed E-state index contributed by atoms with van der Waals surface area (Å²) in [7, 11) is 0. The van der Waals surface area contributed by atoms with Gasteiger partial charge in [-0.2, -0.15) is 0 Å². The molecule has 0 radical (unpaired) electrons. The molecule has 0 unspecified atom stereocenters.